The third kappa shape index (κ3) is 8.12. The minimum Gasteiger partial charge on any atom is -0.390 e. The molecule has 0 aliphatic carbocycles. The molecule has 1 atom stereocenters. The Morgan fingerprint density at radius 2 is 1.79 bits per heavy atom. The number of benzene rings is 2. The largest absolute Gasteiger partial charge is 0.417 e. The fraction of sp³-hybridized carbons (Fsp3) is 0.529. The molecule has 3 aliphatic rings. The number of hydrogen-bond acceptors (Lipinski definition) is 8. The summed E-state index contributed by atoms with van der Waals surface area (Å²) in [6, 6.07) is 14.1. The van der Waals surface area contributed by atoms with Crippen molar-refractivity contribution < 1.29 is 22.7 Å². The lowest BCUT2D eigenvalue weighted by Crippen LogP contribution is -2.49. The molecule has 13 heteroatoms. The van der Waals surface area contributed by atoms with Gasteiger partial charge in [-0.1, -0.05) is 18.2 Å². The Labute approximate surface area is 277 Å². The van der Waals surface area contributed by atoms with Crippen molar-refractivity contribution in [3.63, 3.8) is 0 Å². The van der Waals surface area contributed by atoms with Crippen molar-refractivity contribution >= 4 is 17.4 Å². The number of para-hydroxylation sites is 1. The molecule has 1 aromatic heterocycles. The topological polar surface area (TPSA) is 83.6 Å². The Morgan fingerprint density at radius 1 is 1.02 bits per heavy atom. The van der Waals surface area contributed by atoms with Crippen LogP contribution in [0, 0.1) is 11.3 Å². The number of alkyl halides is 4. The minimum atomic E-state index is -4.48. The van der Waals surface area contributed by atoms with Gasteiger partial charge in [-0.2, -0.15) is 23.5 Å². The lowest BCUT2D eigenvalue weighted by Gasteiger charge is -2.37. The van der Waals surface area contributed by atoms with Crippen molar-refractivity contribution in [2.24, 2.45) is 0 Å². The molecule has 2 fully saturated rings. The molecule has 47 heavy (non-hydrogen) atoms. The number of piperidine rings is 1. The number of likely N-dealkylation sites (tertiary alicyclic amines) is 1. The zero-order chi connectivity index (χ0) is 33.0. The highest BCUT2D eigenvalue weighted by molar-refractivity contribution is 7.99. The molecule has 0 unspecified atom stereocenters. The average molecular weight is 672 g/mol. The number of hydrogen-bond donors (Lipinski definition) is 2. The third-order valence-corrected chi connectivity index (χ3v) is 10.4. The molecule has 0 spiro atoms. The number of β-amino-alcohol motifs (C(OH)–C–C–N with tert-alkyl or cyclic N) is 1. The van der Waals surface area contributed by atoms with Gasteiger partial charge in [0, 0.05) is 99.3 Å². The number of rotatable bonds is 10. The van der Waals surface area contributed by atoms with Crippen molar-refractivity contribution in [2.45, 2.75) is 55.7 Å². The van der Waals surface area contributed by atoms with Crippen molar-refractivity contribution in [3.8, 4) is 17.3 Å². The molecule has 2 saturated heterocycles. The number of anilines is 1. The van der Waals surface area contributed by atoms with Crippen LogP contribution in [0.25, 0.3) is 11.3 Å². The van der Waals surface area contributed by atoms with Crippen molar-refractivity contribution in [2.75, 3.05) is 69.6 Å². The number of nitrogens with zero attached hydrogens (tertiary/aromatic N) is 6. The van der Waals surface area contributed by atoms with Crippen LogP contribution in [0.3, 0.4) is 0 Å². The number of thioether (sulfide) groups is 1. The zero-order valence-corrected chi connectivity index (χ0v) is 27.2. The van der Waals surface area contributed by atoms with E-state index in [2.05, 4.69) is 26.1 Å². The summed E-state index contributed by atoms with van der Waals surface area (Å²) >= 11 is 1.18. The number of fused-ring (bicyclic) bond motifs is 1. The number of nitrogens with one attached hydrogen (secondary N) is 1. The highest BCUT2D eigenvalue weighted by Crippen LogP contribution is 2.40. The second-order valence-corrected chi connectivity index (χ2v) is 13.7. The lowest BCUT2D eigenvalue weighted by atomic mass is 10.0. The molecule has 3 aromatic rings. The van der Waals surface area contributed by atoms with E-state index in [-0.39, 0.29) is 11.4 Å². The molecule has 0 bridgehead atoms. The summed E-state index contributed by atoms with van der Waals surface area (Å²) in [6.45, 7) is 6.95. The van der Waals surface area contributed by atoms with Gasteiger partial charge in [-0.05, 0) is 37.1 Å². The van der Waals surface area contributed by atoms with Gasteiger partial charge in [-0.15, -0.1) is 11.8 Å². The quantitative estimate of drug-likeness (QED) is 0.235. The van der Waals surface area contributed by atoms with E-state index in [1.54, 1.807) is 6.07 Å². The van der Waals surface area contributed by atoms with Crippen LogP contribution < -0.4 is 10.2 Å². The van der Waals surface area contributed by atoms with Gasteiger partial charge in [-0.3, -0.25) is 9.58 Å². The van der Waals surface area contributed by atoms with E-state index >= 15 is 0 Å². The number of aliphatic hydroxyl groups excluding tert-OH is 1. The highest BCUT2D eigenvalue weighted by Gasteiger charge is 2.34. The third-order valence-electron chi connectivity index (χ3n) is 9.34. The molecule has 0 saturated carbocycles. The summed E-state index contributed by atoms with van der Waals surface area (Å²) in [5, 5.41) is 28.9. The van der Waals surface area contributed by atoms with E-state index < -0.39 is 24.0 Å². The fourth-order valence-electron chi connectivity index (χ4n) is 6.81. The summed E-state index contributed by atoms with van der Waals surface area (Å²) in [7, 11) is 0. The molecular weight excluding hydrogens is 630 g/mol. The van der Waals surface area contributed by atoms with Crippen LogP contribution in [0.5, 0.6) is 0 Å². The van der Waals surface area contributed by atoms with Crippen LogP contribution in [0.2, 0.25) is 0 Å². The van der Waals surface area contributed by atoms with E-state index in [0.717, 1.165) is 55.7 Å². The van der Waals surface area contributed by atoms with Gasteiger partial charge in [0.1, 0.15) is 12.2 Å². The smallest absolute Gasteiger partial charge is 0.390 e. The first-order valence-electron chi connectivity index (χ1n) is 16.3. The van der Waals surface area contributed by atoms with Gasteiger partial charge >= 0.3 is 6.18 Å². The molecular formula is C34H41F4N7OS. The zero-order valence-electron chi connectivity index (χ0n) is 26.4. The van der Waals surface area contributed by atoms with Crippen LogP contribution in [-0.2, 0) is 25.7 Å². The normalized spacial score (nSPS) is 19.0. The second-order valence-electron chi connectivity index (χ2n) is 12.5. The molecule has 6 rings (SSSR count). The van der Waals surface area contributed by atoms with Gasteiger partial charge in [0.05, 0.1) is 35.2 Å². The first kappa shape index (κ1) is 33.7. The van der Waals surface area contributed by atoms with Crippen molar-refractivity contribution in [1.29, 1.82) is 5.26 Å². The molecule has 8 nitrogen and oxygen atoms in total. The maximum atomic E-state index is 14.0. The van der Waals surface area contributed by atoms with E-state index in [1.165, 1.54) is 17.8 Å². The first-order chi connectivity index (χ1) is 22.7. The van der Waals surface area contributed by atoms with Gasteiger partial charge in [0.15, 0.2) is 0 Å². The van der Waals surface area contributed by atoms with Crippen LogP contribution in [0.4, 0.5) is 23.2 Å². The predicted molar refractivity (Wildman–Crippen MR) is 175 cm³/mol. The number of aliphatic hydroxyl groups is 1. The summed E-state index contributed by atoms with van der Waals surface area (Å²) < 4.78 is 57.4. The SMILES string of the molecule is N#Cc1ccccc1N1CCN(C[C@H](O)Cn2nc(-c3ccc(C(F)(F)F)c(SCCN4CCC(F)CC4)c3)c3c2CCNC3)CC1. The van der Waals surface area contributed by atoms with Crippen LogP contribution >= 0.6 is 11.8 Å². The van der Waals surface area contributed by atoms with Crippen LogP contribution in [0.15, 0.2) is 47.4 Å². The number of nitriles is 1. The monoisotopic (exact) mass is 671 g/mol. The van der Waals surface area contributed by atoms with Crippen molar-refractivity contribution in [1.82, 2.24) is 24.9 Å². The minimum absolute atomic E-state index is 0.166. The Balaban J connectivity index is 1.13. The molecule has 4 heterocycles. The highest BCUT2D eigenvalue weighted by atomic mass is 32.2. The van der Waals surface area contributed by atoms with Gasteiger partial charge in [-0.25, -0.2) is 4.39 Å². The summed E-state index contributed by atoms with van der Waals surface area (Å²) in [6.07, 6.45) is -4.30. The molecule has 2 aromatic carbocycles. The first-order valence-corrected chi connectivity index (χ1v) is 17.3. The Morgan fingerprint density at radius 3 is 2.53 bits per heavy atom. The molecule has 0 amide bonds. The van der Waals surface area contributed by atoms with Crippen LogP contribution in [0.1, 0.15) is 35.2 Å². The average Bonchev–Trinajstić information content (AvgIpc) is 3.43. The van der Waals surface area contributed by atoms with Gasteiger partial charge in [0.25, 0.3) is 0 Å². The predicted octanol–water partition coefficient (Wildman–Crippen LogP) is 4.80. The standard InChI is InChI=1S/C34H41F4N7OS/c35-26-8-11-42(12-9-26)17-18-47-32-19-24(5-6-29(32)34(36,37)38)33-28-21-40-10-7-31(28)45(41-33)23-27(46)22-43-13-15-44(16-14-43)30-4-2-1-3-25(30)20-39/h1-6,19,26-27,40,46H,7-18,21-23H2/t27-/m0/s1. The summed E-state index contributed by atoms with van der Waals surface area (Å²) in [4.78, 5) is 6.70. The molecule has 2 N–H and O–H groups in total. The van der Waals surface area contributed by atoms with Crippen LogP contribution in [-0.4, -0.2) is 102 Å². The van der Waals surface area contributed by atoms with E-state index in [0.29, 0.717) is 74.6 Å². The van der Waals surface area contributed by atoms with Gasteiger partial charge < -0.3 is 20.2 Å². The number of piperazine rings is 1. The second kappa shape index (κ2) is 15.0. The summed E-state index contributed by atoms with van der Waals surface area (Å²) in [5.74, 6) is 0.475. The Kier molecular flexibility index (Phi) is 10.7. The maximum Gasteiger partial charge on any atom is 0.417 e. The Hall–Kier alpha value is -3.15. The maximum absolute atomic E-state index is 14.0. The number of halogens is 4. The van der Waals surface area contributed by atoms with Gasteiger partial charge in [0.2, 0.25) is 0 Å². The lowest BCUT2D eigenvalue weighted by molar-refractivity contribution is -0.139. The molecule has 252 valence electrons. The molecule has 0 radical (unpaired) electrons. The molecule has 3 aliphatic heterocycles. The van der Waals surface area contributed by atoms with Crippen molar-refractivity contribution in [3.05, 3.63) is 64.8 Å². The van der Waals surface area contributed by atoms with E-state index in [1.807, 2.05) is 28.9 Å². The Bertz CT molecular complexity index is 1560. The van der Waals surface area contributed by atoms with E-state index in [4.69, 9.17) is 5.10 Å². The fourth-order valence-corrected chi connectivity index (χ4v) is 7.93. The van der Waals surface area contributed by atoms with E-state index in [9.17, 15) is 27.9 Å². The summed E-state index contributed by atoms with van der Waals surface area (Å²) in [5.41, 5.74) is 4.15. The number of aromatic nitrogens is 2.